The van der Waals surface area contributed by atoms with E-state index in [1.54, 1.807) is 21.5 Å². The highest BCUT2D eigenvalue weighted by Gasteiger charge is 2.10. The van der Waals surface area contributed by atoms with Gasteiger partial charge in [-0.25, -0.2) is 4.52 Å². The summed E-state index contributed by atoms with van der Waals surface area (Å²) in [6, 6.07) is 9.27. The van der Waals surface area contributed by atoms with Crippen LogP contribution in [0.2, 0.25) is 0 Å². The molecular weight excluding hydrogens is 254 g/mol. The van der Waals surface area contributed by atoms with Crippen molar-refractivity contribution in [2.75, 3.05) is 0 Å². The zero-order chi connectivity index (χ0) is 13.7. The van der Waals surface area contributed by atoms with E-state index < -0.39 is 0 Å². The Kier molecular flexibility index (Phi) is 2.09. The molecule has 6 nitrogen and oxygen atoms in total. The summed E-state index contributed by atoms with van der Waals surface area (Å²) in [6.45, 7) is 0. The SMILES string of the molecule is Cn1cc(-c2cc3[nH]c(=O)c4ccccc4n3n2)cn1. The summed E-state index contributed by atoms with van der Waals surface area (Å²) in [5.41, 5.74) is 3.06. The van der Waals surface area contributed by atoms with E-state index in [1.807, 2.05) is 37.5 Å². The first-order chi connectivity index (χ1) is 9.72. The van der Waals surface area contributed by atoms with Crippen LogP contribution < -0.4 is 5.56 Å². The van der Waals surface area contributed by atoms with Crippen LogP contribution in [0.15, 0.2) is 47.5 Å². The van der Waals surface area contributed by atoms with Crippen LogP contribution in [0.4, 0.5) is 0 Å². The molecule has 3 aromatic heterocycles. The van der Waals surface area contributed by atoms with Gasteiger partial charge in [-0.2, -0.15) is 10.2 Å². The normalized spacial score (nSPS) is 11.4. The van der Waals surface area contributed by atoms with Gasteiger partial charge in [0.15, 0.2) is 0 Å². The van der Waals surface area contributed by atoms with Gasteiger partial charge < -0.3 is 4.98 Å². The summed E-state index contributed by atoms with van der Waals surface area (Å²) in [5, 5.41) is 9.32. The third-order valence-electron chi connectivity index (χ3n) is 3.33. The average molecular weight is 265 g/mol. The number of hydrogen-bond acceptors (Lipinski definition) is 3. The number of benzene rings is 1. The van der Waals surface area contributed by atoms with Crippen molar-refractivity contribution in [2.24, 2.45) is 7.05 Å². The minimum atomic E-state index is -0.106. The van der Waals surface area contributed by atoms with Crippen LogP contribution in [-0.4, -0.2) is 24.4 Å². The minimum Gasteiger partial charge on any atom is -0.306 e. The van der Waals surface area contributed by atoms with E-state index in [4.69, 9.17) is 0 Å². The Bertz CT molecular complexity index is 992. The van der Waals surface area contributed by atoms with Crippen molar-refractivity contribution in [1.29, 1.82) is 0 Å². The van der Waals surface area contributed by atoms with E-state index in [0.29, 0.717) is 11.0 Å². The second kappa shape index (κ2) is 3.80. The standard InChI is InChI=1S/C14H11N5O/c1-18-8-9(7-15-18)11-6-13-16-14(20)10-4-2-3-5-12(10)19(13)17-11/h2-8H,1H3,(H,16,20). The first-order valence-corrected chi connectivity index (χ1v) is 6.22. The quantitative estimate of drug-likeness (QED) is 0.568. The molecule has 0 spiro atoms. The number of aromatic amines is 1. The smallest absolute Gasteiger partial charge is 0.259 e. The third-order valence-corrected chi connectivity index (χ3v) is 3.33. The molecule has 0 saturated heterocycles. The summed E-state index contributed by atoms with van der Waals surface area (Å²) in [7, 11) is 1.86. The maximum Gasteiger partial charge on any atom is 0.259 e. The van der Waals surface area contributed by atoms with Crippen molar-refractivity contribution in [3.63, 3.8) is 0 Å². The molecule has 0 fully saturated rings. The van der Waals surface area contributed by atoms with Gasteiger partial charge in [-0.05, 0) is 12.1 Å². The molecule has 0 bridgehead atoms. The number of rotatable bonds is 1. The fourth-order valence-electron chi connectivity index (χ4n) is 2.38. The Morgan fingerprint density at radius 2 is 2.10 bits per heavy atom. The van der Waals surface area contributed by atoms with Crippen LogP contribution in [0.3, 0.4) is 0 Å². The third kappa shape index (κ3) is 1.48. The maximum absolute atomic E-state index is 12.0. The van der Waals surface area contributed by atoms with Crippen LogP contribution in [0.5, 0.6) is 0 Å². The van der Waals surface area contributed by atoms with Gasteiger partial charge in [0, 0.05) is 24.9 Å². The van der Waals surface area contributed by atoms with Crippen LogP contribution >= 0.6 is 0 Å². The van der Waals surface area contributed by atoms with Crippen molar-refractivity contribution >= 4 is 16.6 Å². The number of fused-ring (bicyclic) bond motifs is 3. The zero-order valence-electron chi connectivity index (χ0n) is 10.7. The number of aryl methyl sites for hydroxylation is 1. The molecule has 0 aliphatic carbocycles. The molecule has 20 heavy (non-hydrogen) atoms. The highest BCUT2D eigenvalue weighted by Crippen LogP contribution is 2.19. The molecule has 0 aliphatic heterocycles. The first kappa shape index (κ1) is 11.0. The van der Waals surface area contributed by atoms with E-state index in [0.717, 1.165) is 16.8 Å². The number of nitrogens with one attached hydrogen (secondary N) is 1. The van der Waals surface area contributed by atoms with Gasteiger partial charge in [-0.1, -0.05) is 12.1 Å². The predicted molar refractivity (Wildman–Crippen MR) is 75.5 cm³/mol. The van der Waals surface area contributed by atoms with Gasteiger partial charge in [0.05, 0.1) is 22.8 Å². The summed E-state index contributed by atoms with van der Waals surface area (Å²) in [4.78, 5) is 14.9. The predicted octanol–water partition coefficient (Wildman–Crippen LogP) is 1.58. The first-order valence-electron chi connectivity index (χ1n) is 6.22. The Morgan fingerprint density at radius 3 is 2.90 bits per heavy atom. The van der Waals surface area contributed by atoms with Gasteiger partial charge in [-0.3, -0.25) is 9.48 Å². The van der Waals surface area contributed by atoms with E-state index in [2.05, 4.69) is 15.2 Å². The Hall–Kier alpha value is -2.89. The van der Waals surface area contributed by atoms with Crippen molar-refractivity contribution in [2.45, 2.75) is 0 Å². The molecule has 0 unspecified atom stereocenters. The summed E-state index contributed by atoms with van der Waals surface area (Å²) in [6.07, 6.45) is 3.64. The fourth-order valence-corrected chi connectivity index (χ4v) is 2.38. The largest absolute Gasteiger partial charge is 0.306 e. The minimum absolute atomic E-state index is 0.106. The number of nitrogens with zero attached hydrogens (tertiary/aromatic N) is 4. The second-order valence-corrected chi connectivity index (χ2v) is 4.70. The number of aromatic nitrogens is 5. The molecule has 0 saturated carbocycles. The lowest BCUT2D eigenvalue weighted by Crippen LogP contribution is -2.09. The molecule has 4 aromatic rings. The lowest BCUT2D eigenvalue weighted by atomic mass is 10.2. The van der Waals surface area contributed by atoms with Crippen LogP contribution in [0, 0.1) is 0 Å². The lowest BCUT2D eigenvalue weighted by Gasteiger charge is -1.99. The molecule has 0 atom stereocenters. The molecule has 0 amide bonds. The number of hydrogen-bond donors (Lipinski definition) is 1. The number of H-pyrrole nitrogens is 1. The Labute approximate surface area is 113 Å². The van der Waals surface area contributed by atoms with Gasteiger partial charge in [0.2, 0.25) is 0 Å². The average Bonchev–Trinajstić information content (AvgIpc) is 3.05. The molecular formula is C14H11N5O. The zero-order valence-corrected chi connectivity index (χ0v) is 10.7. The maximum atomic E-state index is 12.0. The molecule has 0 radical (unpaired) electrons. The second-order valence-electron chi connectivity index (χ2n) is 4.70. The summed E-state index contributed by atoms with van der Waals surface area (Å²) < 4.78 is 3.47. The Morgan fingerprint density at radius 1 is 1.25 bits per heavy atom. The van der Waals surface area contributed by atoms with Crippen molar-refractivity contribution in [3.05, 3.63) is 53.1 Å². The highest BCUT2D eigenvalue weighted by molar-refractivity contribution is 5.81. The van der Waals surface area contributed by atoms with Gasteiger partial charge >= 0.3 is 0 Å². The van der Waals surface area contributed by atoms with Gasteiger partial charge in [-0.15, -0.1) is 0 Å². The molecule has 6 heteroatoms. The monoisotopic (exact) mass is 265 g/mol. The number of para-hydroxylation sites is 1. The van der Waals surface area contributed by atoms with Crippen LogP contribution in [-0.2, 0) is 7.05 Å². The van der Waals surface area contributed by atoms with Crippen molar-refractivity contribution in [1.82, 2.24) is 24.4 Å². The molecule has 0 aliphatic rings. The molecule has 1 aromatic carbocycles. The van der Waals surface area contributed by atoms with Gasteiger partial charge in [0.25, 0.3) is 5.56 Å². The van der Waals surface area contributed by atoms with Crippen molar-refractivity contribution in [3.8, 4) is 11.3 Å². The highest BCUT2D eigenvalue weighted by atomic mass is 16.1. The molecule has 4 rings (SSSR count). The fraction of sp³-hybridized carbons (Fsp3) is 0.0714. The van der Waals surface area contributed by atoms with Crippen LogP contribution in [0.25, 0.3) is 27.8 Å². The molecule has 3 heterocycles. The summed E-state index contributed by atoms with van der Waals surface area (Å²) >= 11 is 0. The summed E-state index contributed by atoms with van der Waals surface area (Å²) in [5.74, 6) is 0. The van der Waals surface area contributed by atoms with Crippen molar-refractivity contribution < 1.29 is 0 Å². The van der Waals surface area contributed by atoms with E-state index in [-0.39, 0.29) is 5.56 Å². The van der Waals surface area contributed by atoms with E-state index >= 15 is 0 Å². The topological polar surface area (TPSA) is 68.0 Å². The van der Waals surface area contributed by atoms with E-state index in [9.17, 15) is 4.79 Å². The Balaban J connectivity index is 2.09. The molecule has 1 N–H and O–H groups in total. The van der Waals surface area contributed by atoms with Crippen LogP contribution in [0.1, 0.15) is 0 Å². The lowest BCUT2D eigenvalue weighted by molar-refractivity contribution is 0.768. The molecule has 98 valence electrons. The van der Waals surface area contributed by atoms with E-state index in [1.165, 1.54) is 0 Å². The van der Waals surface area contributed by atoms with Gasteiger partial charge in [0.1, 0.15) is 5.65 Å².